The lowest BCUT2D eigenvalue weighted by atomic mass is 9.92. The van der Waals surface area contributed by atoms with Crippen molar-refractivity contribution >= 4 is 5.91 Å². The number of rotatable bonds is 5. The average molecular weight is 397 g/mol. The molecule has 154 valence electrons. The van der Waals surface area contributed by atoms with Crippen LogP contribution in [-0.2, 0) is 4.74 Å². The first-order chi connectivity index (χ1) is 13.9. The fourth-order valence-corrected chi connectivity index (χ4v) is 3.03. The number of carbonyl (C=O) groups is 1. The number of aliphatic hydroxyl groups is 3. The minimum Gasteiger partial charge on any atom is -0.394 e. The van der Waals surface area contributed by atoms with Crippen LogP contribution in [0.25, 0.3) is 0 Å². The molecule has 1 aromatic rings. The Morgan fingerprint density at radius 2 is 2.17 bits per heavy atom. The zero-order valence-electron chi connectivity index (χ0n) is 16.6. The molecule has 0 aromatic heterocycles. The SMILES string of the molecule is C=C/C(C#Cc1cccc(C(=O)NC)c1)=C\C(=C/C)[C@H]1OC(CO)CC(O)C1O. The number of hydrogen-bond acceptors (Lipinski definition) is 5. The Bertz CT molecular complexity index is 862. The van der Waals surface area contributed by atoms with E-state index in [0.717, 1.165) is 0 Å². The van der Waals surface area contributed by atoms with E-state index in [1.807, 2.05) is 0 Å². The van der Waals surface area contributed by atoms with Gasteiger partial charge in [0, 0.05) is 30.2 Å². The number of amides is 1. The van der Waals surface area contributed by atoms with Crippen LogP contribution < -0.4 is 5.32 Å². The molecule has 1 amide bonds. The number of aliphatic hydroxyl groups excluding tert-OH is 3. The van der Waals surface area contributed by atoms with E-state index in [1.165, 1.54) is 0 Å². The van der Waals surface area contributed by atoms with Gasteiger partial charge in [0.2, 0.25) is 0 Å². The number of carbonyl (C=O) groups excluding carboxylic acids is 1. The summed E-state index contributed by atoms with van der Waals surface area (Å²) in [4.78, 5) is 11.8. The van der Waals surface area contributed by atoms with Crippen LogP contribution in [0.5, 0.6) is 0 Å². The first-order valence-electron chi connectivity index (χ1n) is 9.40. The van der Waals surface area contributed by atoms with Gasteiger partial charge in [-0.05, 0) is 36.8 Å². The van der Waals surface area contributed by atoms with E-state index in [9.17, 15) is 20.1 Å². The first kappa shape index (κ1) is 22.6. The summed E-state index contributed by atoms with van der Waals surface area (Å²) in [6.07, 6.45) is 1.81. The summed E-state index contributed by atoms with van der Waals surface area (Å²) in [7, 11) is 1.57. The summed E-state index contributed by atoms with van der Waals surface area (Å²) >= 11 is 0. The Balaban J connectivity index is 2.28. The van der Waals surface area contributed by atoms with Crippen molar-refractivity contribution in [2.24, 2.45) is 0 Å². The van der Waals surface area contributed by atoms with Gasteiger partial charge in [-0.25, -0.2) is 0 Å². The number of benzene rings is 1. The van der Waals surface area contributed by atoms with Crippen LogP contribution >= 0.6 is 0 Å². The highest BCUT2D eigenvalue weighted by Crippen LogP contribution is 2.26. The third kappa shape index (κ3) is 5.89. The van der Waals surface area contributed by atoms with Gasteiger partial charge in [0.1, 0.15) is 12.2 Å². The molecule has 1 heterocycles. The molecule has 0 spiro atoms. The maximum Gasteiger partial charge on any atom is 0.251 e. The van der Waals surface area contributed by atoms with Crippen molar-refractivity contribution in [2.45, 2.75) is 37.8 Å². The Morgan fingerprint density at radius 3 is 2.79 bits per heavy atom. The molecule has 2 rings (SSSR count). The molecule has 6 heteroatoms. The lowest BCUT2D eigenvalue weighted by molar-refractivity contribution is -0.162. The smallest absolute Gasteiger partial charge is 0.251 e. The van der Waals surface area contributed by atoms with Crippen LogP contribution in [0.1, 0.15) is 29.3 Å². The van der Waals surface area contributed by atoms with Crippen LogP contribution in [0.4, 0.5) is 0 Å². The third-order valence-corrected chi connectivity index (χ3v) is 4.66. The molecule has 29 heavy (non-hydrogen) atoms. The van der Waals surface area contributed by atoms with Gasteiger partial charge >= 0.3 is 0 Å². The van der Waals surface area contributed by atoms with Crippen LogP contribution in [-0.4, -0.2) is 59.3 Å². The van der Waals surface area contributed by atoms with Gasteiger partial charge in [0.15, 0.2) is 0 Å². The van der Waals surface area contributed by atoms with Gasteiger partial charge in [-0.3, -0.25) is 4.79 Å². The Kier molecular flexibility index (Phi) is 8.37. The van der Waals surface area contributed by atoms with Crippen LogP contribution in [0.2, 0.25) is 0 Å². The number of hydrogen-bond donors (Lipinski definition) is 4. The molecule has 1 aliphatic heterocycles. The van der Waals surface area contributed by atoms with Gasteiger partial charge in [0.25, 0.3) is 5.91 Å². The molecule has 1 saturated heterocycles. The number of allylic oxidation sites excluding steroid dienone is 3. The van der Waals surface area contributed by atoms with E-state index in [-0.39, 0.29) is 18.9 Å². The maximum atomic E-state index is 11.8. The summed E-state index contributed by atoms with van der Waals surface area (Å²) in [6.45, 7) is 5.33. The van der Waals surface area contributed by atoms with Gasteiger partial charge in [-0.2, -0.15) is 0 Å². The summed E-state index contributed by atoms with van der Waals surface area (Å²) < 4.78 is 5.73. The molecule has 0 bridgehead atoms. The summed E-state index contributed by atoms with van der Waals surface area (Å²) in [5.41, 5.74) is 2.39. The van der Waals surface area contributed by atoms with Crippen molar-refractivity contribution in [3.8, 4) is 11.8 Å². The van der Waals surface area contributed by atoms with Gasteiger partial charge in [-0.1, -0.05) is 36.6 Å². The maximum absolute atomic E-state index is 11.8. The lowest BCUT2D eigenvalue weighted by Gasteiger charge is -2.37. The van der Waals surface area contributed by atoms with Crippen LogP contribution in [0, 0.1) is 11.8 Å². The molecular weight excluding hydrogens is 370 g/mol. The number of ether oxygens (including phenoxy) is 1. The highest BCUT2D eigenvalue weighted by atomic mass is 16.5. The molecule has 4 atom stereocenters. The molecule has 1 fully saturated rings. The van der Waals surface area contributed by atoms with E-state index in [0.29, 0.717) is 22.3 Å². The van der Waals surface area contributed by atoms with Crippen molar-refractivity contribution in [1.82, 2.24) is 5.32 Å². The first-order valence-corrected chi connectivity index (χ1v) is 9.40. The Morgan fingerprint density at radius 1 is 1.41 bits per heavy atom. The molecule has 0 aliphatic carbocycles. The molecule has 6 nitrogen and oxygen atoms in total. The predicted molar refractivity (Wildman–Crippen MR) is 111 cm³/mol. The summed E-state index contributed by atoms with van der Waals surface area (Å²) in [6, 6.07) is 6.95. The van der Waals surface area contributed by atoms with Crippen LogP contribution in [0.15, 0.2) is 60.2 Å². The molecule has 3 unspecified atom stereocenters. The van der Waals surface area contributed by atoms with E-state index in [1.54, 1.807) is 56.5 Å². The fourth-order valence-electron chi connectivity index (χ4n) is 3.03. The lowest BCUT2D eigenvalue weighted by Crippen LogP contribution is -2.49. The van der Waals surface area contributed by atoms with Gasteiger partial charge < -0.3 is 25.4 Å². The molecule has 0 radical (unpaired) electrons. The molecule has 4 N–H and O–H groups in total. The normalized spacial score (nSPS) is 25.0. The second-order valence-corrected chi connectivity index (χ2v) is 6.66. The highest BCUT2D eigenvalue weighted by Gasteiger charge is 2.37. The average Bonchev–Trinajstić information content (AvgIpc) is 2.75. The van der Waals surface area contributed by atoms with Crippen molar-refractivity contribution in [1.29, 1.82) is 0 Å². The van der Waals surface area contributed by atoms with E-state index in [2.05, 4.69) is 23.7 Å². The summed E-state index contributed by atoms with van der Waals surface area (Å²) in [5.74, 6) is 5.80. The quantitative estimate of drug-likeness (QED) is 0.444. The monoisotopic (exact) mass is 397 g/mol. The summed E-state index contributed by atoms with van der Waals surface area (Å²) in [5, 5.41) is 32.3. The minimum atomic E-state index is -1.11. The predicted octanol–water partition coefficient (Wildman–Crippen LogP) is 1.33. The van der Waals surface area contributed by atoms with Gasteiger partial charge in [-0.15, -0.1) is 0 Å². The van der Waals surface area contributed by atoms with Crippen molar-refractivity contribution < 1.29 is 24.9 Å². The minimum absolute atomic E-state index is 0.171. The largest absolute Gasteiger partial charge is 0.394 e. The zero-order chi connectivity index (χ0) is 21.4. The zero-order valence-corrected chi connectivity index (χ0v) is 16.6. The molecule has 1 aromatic carbocycles. The van der Waals surface area contributed by atoms with Crippen molar-refractivity contribution in [2.75, 3.05) is 13.7 Å². The van der Waals surface area contributed by atoms with Crippen molar-refractivity contribution in [3.05, 3.63) is 71.3 Å². The molecular formula is C23H27NO5. The molecule has 0 saturated carbocycles. The standard InChI is InChI=1S/C23H27NO5/c1-4-15(9-10-16-7-6-8-18(12-16)23(28)24-3)11-17(5-2)22-21(27)20(26)13-19(14-25)29-22/h4-8,11-12,19-22,25-27H,1,13-14H2,2-3H3,(H,24,28)/b15-11+,17-5+/t19?,20?,21?,22-/m1/s1. The van der Waals surface area contributed by atoms with Gasteiger partial charge in [0.05, 0.1) is 18.8 Å². The van der Waals surface area contributed by atoms with E-state index in [4.69, 9.17) is 4.74 Å². The number of nitrogens with one attached hydrogen (secondary N) is 1. The van der Waals surface area contributed by atoms with Crippen LogP contribution in [0.3, 0.4) is 0 Å². The third-order valence-electron chi connectivity index (χ3n) is 4.66. The highest BCUT2D eigenvalue weighted by molar-refractivity contribution is 5.94. The molecule has 1 aliphatic rings. The van der Waals surface area contributed by atoms with Crippen molar-refractivity contribution in [3.63, 3.8) is 0 Å². The second-order valence-electron chi connectivity index (χ2n) is 6.66. The Labute approximate surface area is 171 Å². The van der Waals surface area contributed by atoms with E-state index < -0.39 is 24.4 Å². The second kappa shape index (κ2) is 10.7. The Hall–Kier alpha value is -2.69. The topological polar surface area (TPSA) is 99.0 Å². The van der Waals surface area contributed by atoms with E-state index >= 15 is 0 Å². The fraction of sp³-hybridized carbons (Fsp3) is 0.348.